The van der Waals surface area contributed by atoms with Crippen molar-refractivity contribution >= 4 is 34.5 Å². The molecule has 41 heavy (non-hydrogen) atoms. The van der Waals surface area contributed by atoms with Gasteiger partial charge in [-0.3, -0.25) is 19.9 Å². The minimum absolute atomic E-state index is 0.00788. The number of carboxylic acid groups (broad SMARTS) is 1. The smallest absolute Gasteiger partial charge is 0.341 e. The maximum atomic E-state index is 16.1. The van der Waals surface area contributed by atoms with Gasteiger partial charge in [0.15, 0.2) is 5.82 Å². The summed E-state index contributed by atoms with van der Waals surface area (Å²) < 4.78 is 46.8. The summed E-state index contributed by atoms with van der Waals surface area (Å²) in [5.74, 6) is -3.49. The Hall–Kier alpha value is -4.48. The van der Waals surface area contributed by atoms with Gasteiger partial charge >= 0.3 is 5.97 Å². The molecule has 1 N–H and O–H groups in total. The van der Waals surface area contributed by atoms with Crippen LogP contribution in [-0.4, -0.2) is 52.6 Å². The molecule has 5 unspecified atom stereocenters. The minimum atomic E-state index is -1.55. The van der Waals surface area contributed by atoms with E-state index in [1.165, 1.54) is 12.1 Å². The second-order valence-electron chi connectivity index (χ2n) is 10.8. The number of nitro groups is 1. The third-order valence-corrected chi connectivity index (χ3v) is 8.27. The van der Waals surface area contributed by atoms with Crippen molar-refractivity contribution in [1.29, 1.82) is 0 Å². The highest BCUT2D eigenvalue weighted by molar-refractivity contribution is 5.94. The number of aromatic carboxylic acids is 1. The molecule has 212 valence electrons. The van der Waals surface area contributed by atoms with Gasteiger partial charge in [-0.2, -0.15) is 0 Å². The first kappa shape index (κ1) is 26.7. The zero-order valence-electron chi connectivity index (χ0n) is 21.6. The predicted octanol–water partition coefficient (Wildman–Crippen LogP) is 4.92. The van der Waals surface area contributed by atoms with Crippen molar-refractivity contribution in [3.63, 3.8) is 0 Å². The maximum Gasteiger partial charge on any atom is 0.341 e. The number of hydrogen-bond acceptors (Lipinski definition) is 6. The number of aliphatic imine (C=N–C) groups is 1. The van der Waals surface area contributed by atoms with E-state index in [1.54, 1.807) is 23.2 Å². The third kappa shape index (κ3) is 4.76. The number of carboxylic acids is 1. The topological polar surface area (TPSA) is 118 Å². The molecular weight excluding hydrogens is 541 g/mol. The van der Waals surface area contributed by atoms with Gasteiger partial charge in [-0.15, -0.1) is 0 Å². The number of anilines is 1. The fourth-order valence-corrected chi connectivity index (χ4v) is 6.14. The number of fused-ring (bicyclic) bond motifs is 2. The fraction of sp³-hybridized carbons (Fsp3) is 0.345. The molecule has 0 spiro atoms. The van der Waals surface area contributed by atoms with Crippen LogP contribution in [0.1, 0.15) is 34.8 Å². The number of benzene rings is 2. The van der Waals surface area contributed by atoms with E-state index in [0.717, 1.165) is 16.8 Å². The van der Waals surface area contributed by atoms with E-state index in [-0.39, 0.29) is 41.1 Å². The van der Waals surface area contributed by atoms with E-state index < -0.39 is 51.1 Å². The summed E-state index contributed by atoms with van der Waals surface area (Å²) in [6, 6.07) is 6.15. The largest absolute Gasteiger partial charge is 0.477 e. The maximum absolute atomic E-state index is 16.1. The zero-order valence-corrected chi connectivity index (χ0v) is 21.6. The molecule has 0 radical (unpaired) electrons. The molecular formula is C29H25F3N4O5. The molecule has 2 aliphatic carbocycles. The number of halogens is 3. The van der Waals surface area contributed by atoms with Crippen LogP contribution in [-0.2, 0) is 0 Å². The van der Waals surface area contributed by atoms with Crippen molar-refractivity contribution in [3.05, 3.63) is 91.8 Å². The van der Waals surface area contributed by atoms with E-state index in [9.17, 15) is 29.2 Å². The van der Waals surface area contributed by atoms with Gasteiger partial charge in [0.1, 0.15) is 23.2 Å². The van der Waals surface area contributed by atoms with Crippen LogP contribution in [0.2, 0.25) is 0 Å². The van der Waals surface area contributed by atoms with Crippen LogP contribution >= 0.6 is 0 Å². The van der Waals surface area contributed by atoms with Crippen LogP contribution in [0.25, 0.3) is 10.9 Å². The standard InChI is InChI=1S/C29H25F3N4O5/c30-22-9-24(22)35-14-21(29(38)39)28(37)19-8-23(31)27(25(32)26(19)35)34-12-17-5-2-4-16(20(17)13-34)11-33-10-15-3-1-6-18(7-15)36(40)41/h1-3,5-8,10,14,16-17,20,22,24H,4,9,11-13H2,(H,38,39). The summed E-state index contributed by atoms with van der Waals surface area (Å²) in [4.78, 5) is 41.1. The first-order valence-electron chi connectivity index (χ1n) is 13.2. The molecule has 0 amide bonds. The van der Waals surface area contributed by atoms with Gasteiger partial charge in [-0.1, -0.05) is 24.3 Å². The molecule has 5 atom stereocenters. The Balaban J connectivity index is 1.30. The number of allylic oxidation sites excluding steroid dienone is 1. The molecule has 2 aromatic carbocycles. The summed E-state index contributed by atoms with van der Waals surface area (Å²) in [7, 11) is 0. The monoisotopic (exact) mass is 566 g/mol. The molecule has 3 aromatic rings. The predicted molar refractivity (Wildman–Crippen MR) is 146 cm³/mol. The van der Waals surface area contributed by atoms with Crippen LogP contribution in [0.4, 0.5) is 24.5 Å². The molecule has 0 bridgehead atoms. The Morgan fingerprint density at radius 3 is 2.73 bits per heavy atom. The van der Waals surface area contributed by atoms with Crippen molar-refractivity contribution in [2.45, 2.75) is 25.1 Å². The molecule has 1 saturated carbocycles. The number of nitrogens with zero attached hydrogens (tertiary/aromatic N) is 4. The molecule has 1 saturated heterocycles. The number of nitro benzene ring substituents is 1. The molecule has 3 aliphatic rings. The number of non-ortho nitro benzene ring substituents is 1. The molecule has 2 heterocycles. The lowest BCUT2D eigenvalue weighted by Gasteiger charge is -2.28. The summed E-state index contributed by atoms with van der Waals surface area (Å²) >= 11 is 0. The van der Waals surface area contributed by atoms with Gasteiger partial charge in [0.2, 0.25) is 5.43 Å². The molecule has 1 aliphatic heterocycles. The van der Waals surface area contributed by atoms with Crippen LogP contribution < -0.4 is 10.3 Å². The lowest BCUT2D eigenvalue weighted by molar-refractivity contribution is -0.384. The van der Waals surface area contributed by atoms with Crippen molar-refractivity contribution in [3.8, 4) is 0 Å². The normalized spacial score (nSPS) is 25.1. The second kappa shape index (κ2) is 10.2. The molecule has 9 nitrogen and oxygen atoms in total. The van der Waals surface area contributed by atoms with Gasteiger partial charge < -0.3 is 14.6 Å². The Kier molecular flexibility index (Phi) is 6.63. The Bertz CT molecular complexity index is 1700. The van der Waals surface area contributed by atoms with Gasteiger partial charge in [0, 0.05) is 50.6 Å². The van der Waals surface area contributed by atoms with Crippen LogP contribution in [0, 0.1) is 39.5 Å². The lowest BCUT2D eigenvalue weighted by atomic mass is 9.78. The van der Waals surface area contributed by atoms with Crippen LogP contribution in [0.3, 0.4) is 0 Å². The van der Waals surface area contributed by atoms with Crippen molar-refractivity contribution in [2.75, 3.05) is 24.5 Å². The van der Waals surface area contributed by atoms with E-state index in [2.05, 4.69) is 4.99 Å². The highest BCUT2D eigenvalue weighted by atomic mass is 19.1. The molecule has 6 rings (SSSR count). The molecule has 12 heteroatoms. The Morgan fingerprint density at radius 1 is 1.24 bits per heavy atom. The molecule has 2 fully saturated rings. The number of rotatable bonds is 7. The SMILES string of the molecule is O=C(O)c1cn(C2CC2F)c2c(F)c(N3CC4C=CCC(CN=Cc5cccc([N+](=O)[O-])c5)C4C3)c(F)cc2c1=O. The average molecular weight is 567 g/mol. The first-order chi connectivity index (χ1) is 19.6. The van der Waals surface area contributed by atoms with Crippen molar-refractivity contribution < 1.29 is 28.0 Å². The van der Waals surface area contributed by atoms with E-state index in [1.807, 2.05) is 12.2 Å². The zero-order chi connectivity index (χ0) is 29.0. The van der Waals surface area contributed by atoms with E-state index >= 15 is 8.78 Å². The third-order valence-electron chi connectivity index (χ3n) is 8.27. The molecule has 1 aromatic heterocycles. The van der Waals surface area contributed by atoms with Crippen molar-refractivity contribution in [2.24, 2.45) is 22.7 Å². The lowest BCUT2D eigenvalue weighted by Crippen LogP contribution is -2.28. The Labute approximate surface area is 231 Å². The fourth-order valence-electron chi connectivity index (χ4n) is 6.14. The minimum Gasteiger partial charge on any atom is -0.477 e. The first-order valence-corrected chi connectivity index (χ1v) is 13.2. The van der Waals surface area contributed by atoms with Gasteiger partial charge in [0.25, 0.3) is 5.69 Å². The second-order valence-corrected chi connectivity index (χ2v) is 10.8. The summed E-state index contributed by atoms with van der Waals surface area (Å²) in [5.41, 5.74) is -1.76. The van der Waals surface area contributed by atoms with Gasteiger partial charge in [-0.05, 0) is 35.8 Å². The quantitative estimate of drug-likeness (QED) is 0.188. The van der Waals surface area contributed by atoms with Crippen LogP contribution in [0.5, 0.6) is 0 Å². The summed E-state index contributed by atoms with van der Waals surface area (Å²) in [6.45, 7) is 1.05. The Morgan fingerprint density at radius 2 is 2.02 bits per heavy atom. The van der Waals surface area contributed by atoms with Crippen LogP contribution in [0.15, 0.2) is 58.5 Å². The van der Waals surface area contributed by atoms with E-state index in [0.29, 0.717) is 31.6 Å². The highest BCUT2D eigenvalue weighted by Gasteiger charge is 2.43. The average Bonchev–Trinajstić information content (AvgIpc) is 3.50. The highest BCUT2D eigenvalue weighted by Crippen LogP contribution is 2.44. The van der Waals surface area contributed by atoms with E-state index in [4.69, 9.17) is 0 Å². The number of carbonyl (C=O) groups is 1. The number of hydrogen-bond donors (Lipinski definition) is 1. The number of alkyl halides is 1. The van der Waals surface area contributed by atoms with Crippen molar-refractivity contribution in [1.82, 2.24) is 4.57 Å². The van der Waals surface area contributed by atoms with Gasteiger partial charge in [-0.25, -0.2) is 18.0 Å². The summed E-state index contributed by atoms with van der Waals surface area (Å²) in [6.07, 6.45) is 6.00. The van der Waals surface area contributed by atoms with Gasteiger partial charge in [0.05, 0.1) is 21.9 Å². The number of aromatic nitrogens is 1. The number of pyridine rings is 1. The summed E-state index contributed by atoms with van der Waals surface area (Å²) in [5, 5.41) is 20.0.